The fourth-order valence-corrected chi connectivity index (χ4v) is 5.09. The lowest BCUT2D eigenvalue weighted by Crippen LogP contribution is -2.30. The highest BCUT2D eigenvalue weighted by Gasteiger charge is 2.19. The van der Waals surface area contributed by atoms with E-state index < -0.39 is 6.10 Å². The van der Waals surface area contributed by atoms with Crippen molar-refractivity contribution in [3.63, 3.8) is 0 Å². The van der Waals surface area contributed by atoms with Crippen molar-refractivity contribution in [3.05, 3.63) is 0 Å². The molecule has 0 radical (unpaired) electrons. The molecule has 0 amide bonds. The maximum atomic E-state index is 12.5. The van der Waals surface area contributed by atoms with Crippen LogP contribution in [0.3, 0.4) is 0 Å². The molecule has 0 aliphatic rings. The number of rotatable bonds is 32. The average Bonchev–Trinajstić information content (AvgIpc) is 2.98. The highest BCUT2D eigenvalue weighted by molar-refractivity contribution is 5.71. The Hall–Kier alpha value is -1.59. The van der Waals surface area contributed by atoms with Gasteiger partial charge >= 0.3 is 17.9 Å². The van der Waals surface area contributed by atoms with Gasteiger partial charge in [-0.05, 0) is 19.3 Å². The third-order valence-corrected chi connectivity index (χ3v) is 7.86. The van der Waals surface area contributed by atoms with E-state index in [4.69, 9.17) is 14.2 Å². The topological polar surface area (TPSA) is 78.9 Å². The Morgan fingerprint density at radius 3 is 0.952 bits per heavy atom. The molecule has 0 aliphatic heterocycles. The van der Waals surface area contributed by atoms with Gasteiger partial charge in [-0.15, -0.1) is 0 Å². The molecule has 1 atom stereocenters. The Morgan fingerprint density at radius 1 is 0.381 bits per heavy atom. The Labute approximate surface area is 259 Å². The first kappa shape index (κ1) is 40.4. The molecule has 0 saturated heterocycles. The van der Waals surface area contributed by atoms with E-state index in [-0.39, 0.29) is 31.1 Å². The largest absolute Gasteiger partial charge is 0.462 e. The molecule has 0 aliphatic carbocycles. The molecule has 0 aromatic heterocycles. The summed E-state index contributed by atoms with van der Waals surface area (Å²) in [5.74, 6) is -0.885. The minimum atomic E-state index is -0.753. The molecule has 6 heteroatoms. The second-order valence-electron chi connectivity index (χ2n) is 12.2. The standard InChI is InChI=1S/C36H68O6/c1-4-7-10-13-15-17-19-20-23-26-29-35(38)41-32-33(31-40-34(37)28-25-22-12-9-6-3)42-36(39)30-27-24-21-18-16-14-11-8-5-2/h33H,4-32H2,1-3H3/t33-/m0/s1. The van der Waals surface area contributed by atoms with E-state index >= 15 is 0 Å². The van der Waals surface area contributed by atoms with E-state index in [1.807, 2.05) is 0 Å². The summed E-state index contributed by atoms with van der Waals surface area (Å²) in [6.45, 7) is 6.50. The summed E-state index contributed by atoms with van der Waals surface area (Å²) in [5.41, 5.74) is 0. The van der Waals surface area contributed by atoms with Crippen molar-refractivity contribution in [2.75, 3.05) is 13.2 Å². The molecule has 0 saturated carbocycles. The molecular weight excluding hydrogens is 528 g/mol. The minimum Gasteiger partial charge on any atom is -0.462 e. The quantitative estimate of drug-likeness (QED) is 0.0436. The summed E-state index contributed by atoms with van der Waals surface area (Å²) in [6, 6.07) is 0. The SMILES string of the molecule is CCCCCCCCCCCCC(=O)OC[C@H](COC(=O)CCCCCCC)OC(=O)CCCCCCCCCCC. The predicted octanol–water partition coefficient (Wildman–Crippen LogP) is 10.6. The van der Waals surface area contributed by atoms with Crippen LogP contribution in [-0.2, 0) is 28.6 Å². The van der Waals surface area contributed by atoms with Crippen LogP contribution in [0, 0.1) is 0 Å². The van der Waals surface area contributed by atoms with Gasteiger partial charge in [-0.1, -0.05) is 156 Å². The fraction of sp³-hybridized carbons (Fsp3) is 0.917. The molecule has 0 rings (SSSR count). The van der Waals surface area contributed by atoms with Crippen LogP contribution in [0.5, 0.6) is 0 Å². The van der Waals surface area contributed by atoms with Gasteiger partial charge in [-0.25, -0.2) is 0 Å². The van der Waals surface area contributed by atoms with Gasteiger partial charge in [-0.2, -0.15) is 0 Å². The van der Waals surface area contributed by atoms with Crippen molar-refractivity contribution < 1.29 is 28.6 Å². The first-order valence-electron chi connectivity index (χ1n) is 18.0. The summed E-state index contributed by atoms with van der Waals surface area (Å²) in [5, 5.41) is 0. The van der Waals surface area contributed by atoms with Crippen molar-refractivity contribution in [3.8, 4) is 0 Å². The van der Waals surface area contributed by atoms with Gasteiger partial charge in [0.2, 0.25) is 0 Å². The molecule has 248 valence electrons. The van der Waals surface area contributed by atoms with E-state index in [2.05, 4.69) is 20.8 Å². The molecule has 0 bridgehead atoms. The summed E-state index contributed by atoms with van der Waals surface area (Å²) in [4.78, 5) is 37.0. The van der Waals surface area contributed by atoms with Gasteiger partial charge in [0.25, 0.3) is 0 Å². The highest BCUT2D eigenvalue weighted by Crippen LogP contribution is 2.13. The molecule has 0 unspecified atom stereocenters. The van der Waals surface area contributed by atoms with E-state index in [0.717, 1.165) is 64.2 Å². The summed E-state index contributed by atoms with van der Waals surface area (Å²) >= 11 is 0. The third kappa shape index (κ3) is 29.9. The van der Waals surface area contributed by atoms with E-state index in [9.17, 15) is 14.4 Å². The van der Waals surface area contributed by atoms with Crippen LogP contribution in [0.2, 0.25) is 0 Å². The lowest BCUT2D eigenvalue weighted by atomic mass is 10.1. The van der Waals surface area contributed by atoms with Gasteiger partial charge in [-0.3, -0.25) is 14.4 Å². The maximum Gasteiger partial charge on any atom is 0.306 e. The second kappa shape index (κ2) is 32.3. The van der Waals surface area contributed by atoms with Crippen molar-refractivity contribution in [1.29, 1.82) is 0 Å². The first-order valence-corrected chi connectivity index (χ1v) is 18.0. The lowest BCUT2D eigenvalue weighted by Gasteiger charge is -2.18. The van der Waals surface area contributed by atoms with E-state index in [1.165, 1.54) is 89.9 Å². The van der Waals surface area contributed by atoms with E-state index in [0.29, 0.717) is 19.3 Å². The normalized spacial score (nSPS) is 11.8. The smallest absolute Gasteiger partial charge is 0.306 e. The fourth-order valence-electron chi connectivity index (χ4n) is 5.09. The summed E-state index contributed by atoms with van der Waals surface area (Å²) < 4.78 is 16.4. The first-order chi connectivity index (χ1) is 20.5. The van der Waals surface area contributed by atoms with Crippen LogP contribution in [0.25, 0.3) is 0 Å². The number of carbonyl (C=O) groups excluding carboxylic acids is 3. The average molecular weight is 597 g/mol. The van der Waals surface area contributed by atoms with Gasteiger partial charge < -0.3 is 14.2 Å². The van der Waals surface area contributed by atoms with Crippen molar-refractivity contribution in [2.24, 2.45) is 0 Å². The van der Waals surface area contributed by atoms with Gasteiger partial charge in [0, 0.05) is 19.3 Å². The number of esters is 3. The molecule has 0 aromatic rings. The molecule has 0 fully saturated rings. The van der Waals surface area contributed by atoms with Crippen LogP contribution in [0.15, 0.2) is 0 Å². The Balaban J connectivity index is 4.30. The molecular formula is C36H68O6. The van der Waals surface area contributed by atoms with Crippen molar-refractivity contribution in [1.82, 2.24) is 0 Å². The minimum absolute atomic E-state index is 0.0656. The predicted molar refractivity (Wildman–Crippen MR) is 173 cm³/mol. The summed E-state index contributed by atoms with van der Waals surface area (Å²) in [6.07, 6.45) is 28.3. The molecule has 0 N–H and O–H groups in total. The zero-order valence-corrected chi connectivity index (χ0v) is 28.0. The molecule has 0 aromatic carbocycles. The monoisotopic (exact) mass is 597 g/mol. The van der Waals surface area contributed by atoms with Crippen molar-refractivity contribution >= 4 is 17.9 Å². The Kier molecular flexibility index (Phi) is 31.1. The van der Waals surface area contributed by atoms with Gasteiger partial charge in [0.15, 0.2) is 6.10 Å². The van der Waals surface area contributed by atoms with E-state index in [1.54, 1.807) is 0 Å². The third-order valence-electron chi connectivity index (χ3n) is 7.86. The zero-order valence-electron chi connectivity index (χ0n) is 28.0. The summed E-state index contributed by atoms with van der Waals surface area (Å²) in [7, 11) is 0. The second-order valence-corrected chi connectivity index (χ2v) is 12.2. The molecule has 6 nitrogen and oxygen atoms in total. The maximum absolute atomic E-state index is 12.5. The van der Waals surface area contributed by atoms with Crippen LogP contribution >= 0.6 is 0 Å². The number of unbranched alkanes of at least 4 members (excludes halogenated alkanes) is 21. The van der Waals surface area contributed by atoms with Crippen LogP contribution in [0.4, 0.5) is 0 Å². The number of hydrogen-bond donors (Lipinski definition) is 0. The Bertz CT molecular complexity index is 620. The zero-order chi connectivity index (χ0) is 30.9. The number of ether oxygens (including phenoxy) is 3. The van der Waals surface area contributed by atoms with Crippen LogP contribution in [-0.4, -0.2) is 37.2 Å². The van der Waals surface area contributed by atoms with Gasteiger partial charge in [0.1, 0.15) is 13.2 Å². The lowest BCUT2D eigenvalue weighted by molar-refractivity contribution is -0.167. The highest BCUT2D eigenvalue weighted by atomic mass is 16.6. The van der Waals surface area contributed by atoms with Crippen LogP contribution < -0.4 is 0 Å². The van der Waals surface area contributed by atoms with Crippen molar-refractivity contribution in [2.45, 2.75) is 200 Å². The molecule has 42 heavy (non-hydrogen) atoms. The molecule has 0 heterocycles. The molecule has 0 spiro atoms. The van der Waals surface area contributed by atoms with Crippen LogP contribution in [0.1, 0.15) is 194 Å². The number of carbonyl (C=O) groups is 3. The Morgan fingerprint density at radius 2 is 0.643 bits per heavy atom. The van der Waals surface area contributed by atoms with Gasteiger partial charge in [0.05, 0.1) is 0 Å². The number of hydrogen-bond acceptors (Lipinski definition) is 6.